The minimum absolute atomic E-state index is 0.268. The molecule has 1 aromatic carbocycles. The molecule has 0 unspecified atom stereocenters. The van der Waals surface area contributed by atoms with Crippen molar-refractivity contribution in [1.29, 1.82) is 0 Å². The van der Waals surface area contributed by atoms with E-state index in [9.17, 15) is 4.39 Å². The van der Waals surface area contributed by atoms with Gasteiger partial charge in [-0.1, -0.05) is 0 Å². The normalized spacial score (nSPS) is 11.0. The molecule has 0 spiro atoms. The molecule has 6 heteroatoms. The first-order valence-electron chi connectivity index (χ1n) is 7.09. The van der Waals surface area contributed by atoms with Crippen molar-refractivity contribution in [2.75, 3.05) is 6.54 Å². The summed E-state index contributed by atoms with van der Waals surface area (Å²) in [6, 6.07) is 6.11. The number of nitrogens with one attached hydrogen (secondary N) is 1. The predicted molar refractivity (Wildman–Crippen MR) is 80.5 cm³/mol. The van der Waals surface area contributed by atoms with Gasteiger partial charge < -0.3 is 9.73 Å². The largest absolute Gasteiger partial charge is 0.444 e. The number of benzene rings is 1. The molecule has 2 aromatic heterocycles. The van der Waals surface area contributed by atoms with Crippen molar-refractivity contribution >= 4 is 0 Å². The van der Waals surface area contributed by atoms with Gasteiger partial charge in [0.05, 0.1) is 11.9 Å². The highest BCUT2D eigenvalue weighted by atomic mass is 19.1. The molecular formula is C16H17FN4O. The van der Waals surface area contributed by atoms with Gasteiger partial charge in [0.15, 0.2) is 0 Å². The lowest BCUT2D eigenvalue weighted by molar-refractivity contribution is 0.571. The Morgan fingerprint density at radius 2 is 2.09 bits per heavy atom. The molecule has 0 atom stereocenters. The van der Waals surface area contributed by atoms with E-state index in [4.69, 9.17) is 4.42 Å². The fourth-order valence-corrected chi connectivity index (χ4v) is 2.16. The van der Waals surface area contributed by atoms with Gasteiger partial charge in [0.2, 0.25) is 5.89 Å². The van der Waals surface area contributed by atoms with E-state index in [2.05, 4.69) is 15.4 Å². The molecule has 0 amide bonds. The molecule has 3 rings (SSSR count). The SMILES string of the molecule is Cn1cc(CNCCc2coc(-c3ccc(F)cc3)n2)cn1. The smallest absolute Gasteiger partial charge is 0.226 e. The van der Waals surface area contributed by atoms with Gasteiger partial charge in [-0.3, -0.25) is 4.68 Å². The van der Waals surface area contributed by atoms with Crippen molar-refractivity contribution in [3.05, 3.63) is 60.0 Å². The van der Waals surface area contributed by atoms with E-state index in [0.717, 1.165) is 36.3 Å². The van der Waals surface area contributed by atoms with Gasteiger partial charge in [0, 0.05) is 43.9 Å². The fraction of sp³-hybridized carbons (Fsp3) is 0.250. The molecule has 0 saturated carbocycles. The number of aryl methyl sites for hydroxylation is 1. The summed E-state index contributed by atoms with van der Waals surface area (Å²) in [6.45, 7) is 1.57. The lowest BCUT2D eigenvalue weighted by Crippen LogP contribution is -2.16. The second kappa shape index (κ2) is 6.53. The maximum absolute atomic E-state index is 12.9. The van der Waals surface area contributed by atoms with E-state index in [1.807, 2.05) is 19.4 Å². The molecule has 1 N–H and O–H groups in total. The number of nitrogens with zero attached hydrogens (tertiary/aromatic N) is 3. The van der Waals surface area contributed by atoms with Gasteiger partial charge in [-0.05, 0) is 24.3 Å². The monoisotopic (exact) mass is 300 g/mol. The Balaban J connectivity index is 1.50. The average Bonchev–Trinajstić information content (AvgIpc) is 3.14. The van der Waals surface area contributed by atoms with Crippen LogP contribution in [0, 0.1) is 5.82 Å². The average molecular weight is 300 g/mol. The minimum Gasteiger partial charge on any atom is -0.444 e. The van der Waals surface area contributed by atoms with Crippen LogP contribution in [0.3, 0.4) is 0 Å². The summed E-state index contributed by atoms with van der Waals surface area (Å²) in [5.41, 5.74) is 2.80. The molecule has 114 valence electrons. The molecule has 0 aliphatic rings. The summed E-state index contributed by atoms with van der Waals surface area (Å²) < 4.78 is 20.1. The van der Waals surface area contributed by atoms with Crippen molar-refractivity contribution < 1.29 is 8.81 Å². The number of oxazole rings is 1. The Morgan fingerprint density at radius 1 is 1.27 bits per heavy atom. The van der Waals surface area contributed by atoms with Gasteiger partial charge in [-0.25, -0.2) is 9.37 Å². The van der Waals surface area contributed by atoms with Crippen LogP contribution in [0.25, 0.3) is 11.5 Å². The van der Waals surface area contributed by atoms with Crippen molar-refractivity contribution in [3.8, 4) is 11.5 Å². The Labute approximate surface area is 127 Å². The quantitative estimate of drug-likeness (QED) is 0.711. The molecule has 0 saturated heterocycles. The maximum Gasteiger partial charge on any atom is 0.226 e. The van der Waals surface area contributed by atoms with Crippen LogP contribution < -0.4 is 5.32 Å². The number of rotatable bonds is 6. The Morgan fingerprint density at radius 3 is 2.82 bits per heavy atom. The summed E-state index contributed by atoms with van der Waals surface area (Å²) >= 11 is 0. The van der Waals surface area contributed by atoms with Crippen molar-refractivity contribution in [1.82, 2.24) is 20.1 Å². The number of hydrogen-bond acceptors (Lipinski definition) is 4. The molecule has 22 heavy (non-hydrogen) atoms. The van der Waals surface area contributed by atoms with Crippen LogP contribution in [0.2, 0.25) is 0 Å². The van der Waals surface area contributed by atoms with Crippen molar-refractivity contribution in [3.63, 3.8) is 0 Å². The Hall–Kier alpha value is -2.47. The van der Waals surface area contributed by atoms with Crippen LogP contribution in [-0.2, 0) is 20.0 Å². The second-order valence-electron chi connectivity index (χ2n) is 5.10. The molecule has 0 fully saturated rings. The van der Waals surface area contributed by atoms with Crippen LogP contribution in [0.5, 0.6) is 0 Å². The van der Waals surface area contributed by atoms with Crippen LogP contribution in [0.1, 0.15) is 11.3 Å². The molecule has 0 radical (unpaired) electrons. The summed E-state index contributed by atoms with van der Waals surface area (Å²) in [5.74, 6) is 0.248. The number of hydrogen-bond donors (Lipinski definition) is 1. The summed E-state index contributed by atoms with van der Waals surface area (Å²) in [7, 11) is 1.90. The van der Waals surface area contributed by atoms with E-state index in [1.165, 1.54) is 12.1 Å². The predicted octanol–water partition coefficient (Wildman–Crippen LogP) is 2.55. The van der Waals surface area contributed by atoms with Gasteiger partial charge in [-0.2, -0.15) is 5.10 Å². The first-order chi connectivity index (χ1) is 10.7. The van der Waals surface area contributed by atoms with Crippen LogP contribution in [0.15, 0.2) is 47.3 Å². The standard InChI is InChI=1S/C16H17FN4O/c1-21-10-12(9-19-21)8-18-7-6-15-11-22-16(20-15)13-2-4-14(17)5-3-13/h2-5,9-11,18H,6-8H2,1H3. The lowest BCUT2D eigenvalue weighted by atomic mass is 10.2. The summed E-state index contributed by atoms with van der Waals surface area (Å²) in [6.07, 6.45) is 6.24. The van der Waals surface area contributed by atoms with Crippen molar-refractivity contribution in [2.45, 2.75) is 13.0 Å². The highest BCUT2D eigenvalue weighted by Gasteiger charge is 2.06. The lowest BCUT2D eigenvalue weighted by Gasteiger charge is -2.00. The summed E-state index contributed by atoms with van der Waals surface area (Å²) in [4.78, 5) is 4.41. The van der Waals surface area contributed by atoms with Crippen LogP contribution in [-0.4, -0.2) is 21.3 Å². The Kier molecular flexibility index (Phi) is 4.29. The zero-order chi connectivity index (χ0) is 15.4. The molecule has 0 bridgehead atoms. The third-order valence-electron chi connectivity index (χ3n) is 3.29. The fourth-order valence-electron chi connectivity index (χ4n) is 2.16. The summed E-state index contributed by atoms with van der Waals surface area (Å²) in [5, 5.41) is 7.45. The van der Waals surface area contributed by atoms with E-state index in [0.29, 0.717) is 5.89 Å². The van der Waals surface area contributed by atoms with Crippen LogP contribution >= 0.6 is 0 Å². The van der Waals surface area contributed by atoms with Crippen LogP contribution in [0.4, 0.5) is 4.39 Å². The second-order valence-corrected chi connectivity index (χ2v) is 5.10. The zero-order valence-corrected chi connectivity index (χ0v) is 12.3. The first-order valence-corrected chi connectivity index (χ1v) is 7.09. The van der Waals surface area contributed by atoms with Gasteiger partial charge >= 0.3 is 0 Å². The first kappa shape index (κ1) is 14.5. The minimum atomic E-state index is -0.268. The third-order valence-corrected chi connectivity index (χ3v) is 3.29. The topological polar surface area (TPSA) is 55.9 Å². The Bertz CT molecular complexity index is 733. The van der Waals surface area contributed by atoms with Gasteiger partial charge in [0.1, 0.15) is 12.1 Å². The number of aromatic nitrogens is 3. The van der Waals surface area contributed by atoms with E-state index in [-0.39, 0.29) is 5.82 Å². The molecule has 2 heterocycles. The van der Waals surface area contributed by atoms with Crippen molar-refractivity contribution in [2.24, 2.45) is 7.05 Å². The zero-order valence-electron chi connectivity index (χ0n) is 12.3. The number of halogens is 1. The highest BCUT2D eigenvalue weighted by molar-refractivity contribution is 5.52. The van der Waals surface area contributed by atoms with Gasteiger partial charge in [-0.15, -0.1) is 0 Å². The van der Waals surface area contributed by atoms with Gasteiger partial charge in [0.25, 0.3) is 0 Å². The molecular weight excluding hydrogens is 283 g/mol. The molecule has 5 nitrogen and oxygen atoms in total. The molecule has 0 aliphatic heterocycles. The third kappa shape index (κ3) is 3.59. The van der Waals surface area contributed by atoms with E-state index in [1.54, 1.807) is 23.1 Å². The highest BCUT2D eigenvalue weighted by Crippen LogP contribution is 2.18. The molecule has 3 aromatic rings. The molecule has 0 aliphatic carbocycles. The maximum atomic E-state index is 12.9. The van der Waals surface area contributed by atoms with E-state index < -0.39 is 0 Å². The van der Waals surface area contributed by atoms with E-state index >= 15 is 0 Å².